The second kappa shape index (κ2) is 9.72. The number of halogens is 1. The Hall–Kier alpha value is -2.92. The number of piperidine rings is 1. The van der Waals surface area contributed by atoms with Crippen molar-refractivity contribution >= 4 is 33.1 Å². The van der Waals surface area contributed by atoms with Gasteiger partial charge in [0.2, 0.25) is 0 Å². The fraction of sp³-hybridized carbons (Fsp3) is 0.409. The van der Waals surface area contributed by atoms with Gasteiger partial charge in [-0.05, 0) is 57.4 Å². The molecule has 1 saturated heterocycles. The molecule has 4 rings (SSSR count). The van der Waals surface area contributed by atoms with Crippen LogP contribution in [0, 0.1) is 24.1 Å². The summed E-state index contributed by atoms with van der Waals surface area (Å²) in [4.78, 5) is 20.0. The molecule has 0 radical (unpaired) electrons. The van der Waals surface area contributed by atoms with Crippen LogP contribution < -0.4 is 15.8 Å². The van der Waals surface area contributed by atoms with Crippen LogP contribution in [0.15, 0.2) is 29.1 Å². The van der Waals surface area contributed by atoms with Gasteiger partial charge < -0.3 is 14.8 Å². The zero-order valence-corrected chi connectivity index (χ0v) is 18.4. The normalized spacial score (nSPS) is 13.5. The first kappa shape index (κ1) is 21.8. The highest BCUT2D eigenvalue weighted by Crippen LogP contribution is 2.32. The Morgan fingerprint density at radius 3 is 2.50 bits per heavy atom. The molecule has 8 heteroatoms. The number of aromatic nitrogens is 2. The molecule has 0 aliphatic carbocycles. The monoisotopic (exact) mass is 427 g/mol. The van der Waals surface area contributed by atoms with Crippen molar-refractivity contribution in [2.45, 2.75) is 33.1 Å². The molecule has 1 aliphatic rings. The van der Waals surface area contributed by atoms with Crippen molar-refractivity contribution in [3.63, 3.8) is 0 Å². The third-order valence-electron chi connectivity index (χ3n) is 5.01. The predicted molar refractivity (Wildman–Crippen MR) is 121 cm³/mol. The number of thiazole rings is 1. The van der Waals surface area contributed by atoms with Crippen LogP contribution in [0.5, 0.6) is 0 Å². The topological polar surface area (TPSA) is 74.0 Å². The third-order valence-corrected chi connectivity index (χ3v) is 6.06. The first-order chi connectivity index (χ1) is 14.5. The van der Waals surface area contributed by atoms with Crippen molar-refractivity contribution in [2.24, 2.45) is 7.05 Å². The molecule has 1 fully saturated rings. The van der Waals surface area contributed by atoms with E-state index in [1.807, 2.05) is 13.8 Å². The lowest BCUT2D eigenvalue weighted by Crippen LogP contribution is -2.33. The van der Waals surface area contributed by atoms with Gasteiger partial charge in [-0.25, -0.2) is 9.37 Å². The maximum atomic E-state index is 12.4. The molecule has 3 aromatic rings. The predicted octanol–water partition coefficient (Wildman–Crippen LogP) is 4.42. The highest BCUT2D eigenvalue weighted by molar-refractivity contribution is 7.18. The SMILES string of the molecule is CCNc1ccc(F)cc1.Cc1nc2c(N3CCCCC3)c(C#N)c(=O)n(C)c2s1. The zero-order valence-electron chi connectivity index (χ0n) is 17.5. The van der Waals surface area contributed by atoms with Crippen LogP contribution in [0.3, 0.4) is 0 Å². The van der Waals surface area contributed by atoms with E-state index in [1.165, 1.54) is 29.9 Å². The van der Waals surface area contributed by atoms with Crippen molar-refractivity contribution in [3.8, 4) is 6.07 Å². The Kier molecular flexibility index (Phi) is 7.06. The van der Waals surface area contributed by atoms with E-state index in [0.29, 0.717) is 0 Å². The molecule has 30 heavy (non-hydrogen) atoms. The van der Waals surface area contributed by atoms with Gasteiger partial charge >= 0.3 is 0 Å². The Bertz CT molecular complexity index is 1110. The van der Waals surface area contributed by atoms with Gasteiger partial charge in [0.25, 0.3) is 5.56 Å². The highest BCUT2D eigenvalue weighted by Gasteiger charge is 2.24. The van der Waals surface area contributed by atoms with Crippen molar-refractivity contribution in [1.82, 2.24) is 9.55 Å². The quantitative estimate of drug-likeness (QED) is 0.670. The lowest BCUT2D eigenvalue weighted by atomic mass is 10.1. The molecule has 0 spiro atoms. The van der Waals surface area contributed by atoms with Gasteiger partial charge in [0.15, 0.2) is 0 Å². The van der Waals surface area contributed by atoms with Gasteiger partial charge in [-0.2, -0.15) is 5.26 Å². The van der Waals surface area contributed by atoms with Crippen molar-refractivity contribution in [1.29, 1.82) is 5.26 Å². The minimum absolute atomic E-state index is 0.193. The lowest BCUT2D eigenvalue weighted by molar-refractivity contribution is 0.578. The summed E-state index contributed by atoms with van der Waals surface area (Å²) in [5.41, 5.74) is 2.52. The molecule has 1 aromatic carbocycles. The summed E-state index contributed by atoms with van der Waals surface area (Å²) in [6.07, 6.45) is 3.41. The van der Waals surface area contributed by atoms with Gasteiger partial charge in [-0.1, -0.05) is 0 Å². The van der Waals surface area contributed by atoms with Crippen LogP contribution in [0.25, 0.3) is 10.3 Å². The summed E-state index contributed by atoms with van der Waals surface area (Å²) in [6.45, 7) is 6.59. The number of aryl methyl sites for hydroxylation is 2. The van der Waals surface area contributed by atoms with Crippen molar-refractivity contribution in [2.75, 3.05) is 29.9 Å². The number of hydrogen-bond donors (Lipinski definition) is 1. The van der Waals surface area contributed by atoms with Gasteiger partial charge in [0.05, 0.1) is 10.7 Å². The number of nitriles is 1. The average molecular weight is 428 g/mol. The second-order valence-electron chi connectivity index (χ2n) is 7.17. The maximum Gasteiger partial charge on any atom is 0.271 e. The molecule has 0 amide bonds. The van der Waals surface area contributed by atoms with E-state index in [-0.39, 0.29) is 16.9 Å². The Morgan fingerprint density at radius 2 is 1.90 bits per heavy atom. The largest absolute Gasteiger partial charge is 0.385 e. The molecule has 3 heterocycles. The van der Waals surface area contributed by atoms with E-state index < -0.39 is 0 Å². The molecular weight excluding hydrogens is 401 g/mol. The molecular formula is C22H26FN5OS. The van der Waals surface area contributed by atoms with Gasteiger partial charge in [0, 0.05) is 32.4 Å². The Balaban J connectivity index is 0.000000216. The van der Waals surface area contributed by atoms with E-state index in [1.54, 1.807) is 23.7 Å². The molecule has 2 aromatic heterocycles. The maximum absolute atomic E-state index is 12.4. The standard InChI is InChI=1S/C14H16N4OS.C8H10FN/c1-9-16-11-12(18-6-4-3-5-7-18)10(8-15)13(19)17(2)14(11)20-9;1-2-10-8-5-3-7(9)4-6-8/h3-7H2,1-2H3;3-6,10H,2H2,1H3. The number of anilines is 2. The number of benzene rings is 1. The van der Waals surface area contributed by atoms with Crippen molar-refractivity contribution < 1.29 is 4.39 Å². The molecule has 0 atom stereocenters. The molecule has 1 aliphatic heterocycles. The number of fused-ring (bicyclic) bond motifs is 1. The van der Waals surface area contributed by atoms with E-state index in [9.17, 15) is 14.4 Å². The minimum Gasteiger partial charge on any atom is -0.385 e. The summed E-state index contributed by atoms with van der Waals surface area (Å²) in [5.74, 6) is -0.193. The van der Waals surface area contributed by atoms with E-state index >= 15 is 0 Å². The summed E-state index contributed by atoms with van der Waals surface area (Å²) >= 11 is 1.51. The summed E-state index contributed by atoms with van der Waals surface area (Å²) in [7, 11) is 1.71. The Morgan fingerprint density at radius 1 is 1.23 bits per heavy atom. The summed E-state index contributed by atoms with van der Waals surface area (Å²) in [6, 6.07) is 8.42. The Labute approximate surface area is 179 Å². The second-order valence-corrected chi connectivity index (χ2v) is 8.35. The molecule has 0 unspecified atom stereocenters. The van der Waals surface area contributed by atoms with Gasteiger partial charge in [-0.15, -0.1) is 11.3 Å². The van der Waals surface area contributed by atoms with Gasteiger partial charge in [-0.3, -0.25) is 4.79 Å². The molecule has 0 saturated carbocycles. The summed E-state index contributed by atoms with van der Waals surface area (Å²) < 4.78 is 13.8. The van der Waals surface area contributed by atoms with Crippen LogP contribution in [-0.4, -0.2) is 29.2 Å². The minimum atomic E-state index is -0.218. The highest BCUT2D eigenvalue weighted by atomic mass is 32.1. The van der Waals surface area contributed by atoms with E-state index in [4.69, 9.17) is 0 Å². The lowest BCUT2D eigenvalue weighted by Gasteiger charge is -2.29. The fourth-order valence-corrected chi connectivity index (χ4v) is 4.45. The third kappa shape index (κ3) is 4.62. The molecule has 158 valence electrons. The molecule has 6 nitrogen and oxygen atoms in total. The fourth-order valence-electron chi connectivity index (χ4n) is 3.58. The van der Waals surface area contributed by atoms with Crippen molar-refractivity contribution in [3.05, 3.63) is 51.0 Å². The number of nitrogens with zero attached hydrogens (tertiary/aromatic N) is 4. The smallest absolute Gasteiger partial charge is 0.271 e. The molecule has 0 bridgehead atoms. The van der Waals surface area contributed by atoms with E-state index in [2.05, 4.69) is 21.3 Å². The van der Waals surface area contributed by atoms with Crippen LogP contribution in [0.4, 0.5) is 15.8 Å². The van der Waals surface area contributed by atoms with Gasteiger partial charge in [0.1, 0.15) is 27.8 Å². The number of nitrogens with one attached hydrogen (secondary N) is 1. The van der Waals surface area contributed by atoms with Crippen LogP contribution >= 0.6 is 11.3 Å². The average Bonchev–Trinajstić information content (AvgIpc) is 3.15. The zero-order chi connectivity index (χ0) is 21.7. The molecule has 1 N–H and O–H groups in total. The first-order valence-electron chi connectivity index (χ1n) is 10.1. The summed E-state index contributed by atoms with van der Waals surface area (Å²) in [5, 5.41) is 13.4. The number of pyridine rings is 1. The number of hydrogen-bond acceptors (Lipinski definition) is 6. The first-order valence-corrected chi connectivity index (χ1v) is 10.9. The van der Waals surface area contributed by atoms with Crippen LogP contribution in [0.2, 0.25) is 0 Å². The van der Waals surface area contributed by atoms with Crippen LogP contribution in [0.1, 0.15) is 36.8 Å². The van der Waals surface area contributed by atoms with E-state index in [0.717, 1.165) is 59.2 Å². The number of rotatable bonds is 3. The van der Waals surface area contributed by atoms with Crippen LogP contribution in [-0.2, 0) is 7.05 Å².